The Bertz CT molecular complexity index is 450. The molecule has 0 spiro atoms. The molecule has 0 bridgehead atoms. The molecular formula is C11H14F3N3. The van der Waals surface area contributed by atoms with Crippen molar-refractivity contribution in [3.8, 4) is 0 Å². The van der Waals surface area contributed by atoms with Crippen LogP contribution in [0.5, 0.6) is 0 Å². The molecule has 2 unspecified atom stereocenters. The third-order valence-electron chi connectivity index (χ3n) is 3.58. The molecular weight excluding hydrogens is 231 g/mol. The van der Waals surface area contributed by atoms with E-state index in [1.165, 1.54) is 4.57 Å². The predicted molar refractivity (Wildman–Crippen MR) is 55.5 cm³/mol. The number of hydrogen-bond donors (Lipinski definition) is 1. The highest BCUT2D eigenvalue weighted by Crippen LogP contribution is 2.47. The molecule has 17 heavy (non-hydrogen) atoms. The average Bonchev–Trinajstić information content (AvgIpc) is 2.84. The number of fused-ring (bicyclic) bond motifs is 1. The van der Waals surface area contributed by atoms with Crippen molar-refractivity contribution in [2.24, 2.45) is 5.92 Å². The van der Waals surface area contributed by atoms with Gasteiger partial charge in [-0.15, -0.1) is 0 Å². The molecule has 1 aliphatic heterocycles. The van der Waals surface area contributed by atoms with E-state index in [1.807, 2.05) is 6.92 Å². The second-order valence-corrected chi connectivity index (χ2v) is 4.90. The summed E-state index contributed by atoms with van der Waals surface area (Å²) in [6.07, 6.45) is -2.87. The number of imidazole rings is 1. The monoisotopic (exact) mass is 245 g/mol. The summed E-state index contributed by atoms with van der Waals surface area (Å²) in [5.41, 5.74) is 1.35. The number of aromatic nitrogens is 2. The van der Waals surface area contributed by atoms with Gasteiger partial charge in [0.25, 0.3) is 0 Å². The third-order valence-corrected chi connectivity index (χ3v) is 3.58. The molecule has 1 N–H and O–H groups in total. The van der Waals surface area contributed by atoms with Gasteiger partial charge in [0.2, 0.25) is 5.82 Å². The molecule has 1 fully saturated rings. The highest BCUT2D eigenvalue weighted by molar-refractivity contribution is 5.24. The Labute approximate surface area is 97.0 Å². The van der Waals surface area contributed by atoms with Crippen LogP contribution >= 0.6 is 0 Å². The van der Waals surface area contributed by atoms with Gasteiger partial charge >= 0.3 is 6.18 Å². The second-order valence-electron chi connectivity index (χ2n) is 4.90. The van der Waals surface area contributed by atoms with E-state index in [2.05, 4.69) is 10.3 Å². The van der Waals surface area contributed by atoms with E-state index >= 15 is 0 Å². The zero-order valence-corrected chi connectivity index (χ0v) is 9.51. The zero-order chi connectivity index (χ0) is 12.2. The van der Waals surface area contributed by atoms with Crippen molar-refractivity contribution in [1.29, 1.82) is 0 Å². The van der Waals surface area contributed by atoms with Crippen LogP contribution in [0.3, 0.4) is 0 Å². The molecule has 1 aromatic rings. The van der Waals surface area contributed by atoms with Crippen molar-refractivity contribution in [3.05, 3.63) is 17.2 Å². The van der Waals surface area contributed by atoms with Gasteiger partial charge in [0.15, 0.2) is 0 Å². The van der Waals surface area contributed by atoms with Crippen molar-refractivity contribution >= 4 is 0 Å². The maximum atomic E-state index is 12.9. The Morgan fingerprint density at radius 2 is 2.12 bits per heavy atom. The standard InChI is InChI=1S/C11H14F3N3/c1-6-4-9(6)17-8-2-3-15-5-7(8)16-10(17)11(12,13)14/h6,9,15H,2-5H2,1H3. The molecule has 2 aliphatic rings. The van der Waals surface area contributed by atoms with Crippen LogP contribution < -0.4 is 5.32 Å². The van der Waals surface area contributed by atoms with Crippen molar-refractivity contribution in [2.75, 3.05) is 6.54 Å². The van der Waals surface area contributed by atoms with Gasteiger partial charge in [-0.3, -0.25) is 0 Å². The summed E-state index contributed by atoms with van der Waals surface area (Å²) in [4.78, 5) is 3.79. The Hall–Kier alpha value is -1.04. The molecule has 2 atom stereocenters. The minimum atomic E-state index is -4.35. The molecule has 1 aliphatic carbocycles. The Balaban J connectivity index is 2.11. The second kappa shape index (κ2) is 3.48. The molecule has 0 radical (unpaired) electrons. The van der Waals surface area contributed by atoms with Crippen LogP contribution in [0.15, 0.2) is 0 Å². The lowest BCUT2D eigenvalue weighted by atomic mass is 10.2. The normalized spacial score (nSPS) is 28.0. The molecule has 0 aromatic carbocycles. The van der Waals surface area contributed by atoms with Gasteiger partial charge in [0.05, 0.1) is 5.69 Å². The van der Waals surface area contributed by atoms with Crippen LogP contribution in [-0.2, 0) is 19.1 Å². The number of nitrogens with one attached hydrogen (secondary N) is 1. The fourth-order valence-electron chi connectivity index (χ4n) is 2.55. The van der Waals surface area contributed by atoms with Crippen LogP contribution in [0.2, 0.25) is 0 Å². The van der Waals surface area contributed by atoms with E-state index in [1.54, 1.807) is 0 Å². The third kappa shape index (κ3) is 1.74. The summed E-state index contributed by atoms with van der Waals surface area (Å²) in [6.45, 7) is 3.17. The molecule has 1 aromatic heterocycles. The molecule has 0 amide bonds. The Morgan fingerprint density at radius 3 is 2.71 bits per heavy atom. The lowest BCUT2D eigenvalue weighted by Crippen LogP contribution is -2.25. The molecule has 2 heterocycles. The van der Waals surface area contributed by atoms with E-state index < -0.39 is 12.0 Å². The summed E-state index contributed by atoms with van der Waals surface area (Å²) in [7, 11) is 0. The molecule has 0 saturated heterocycles. The predicted octanol–water partition coefficient (Wildman–Crippen LogP) is 2.13. The van der Waals surface area contributed by atoms with E-state index in [-0.39, 0.29) is 6.04 Å². The first-order valence-corrected chi connectivity index (χ1v) is 5.86. The first kappa shape index (κ1) is 11.1. The van der Waals surface area contributed by atoms with E-state index in [9.17, 15) is 13.2 Å². The highest BCUT2D eigenvalue weighted by Gasteiger charge is 2.45. The fourth-order valence-corrected chi connectivity index (χ4v) is 2.55. The first-order valence-electron chi connectivity index (χ1n) is 5.86. The van der Waals surface area contributed by atoms with Crippen LogP contribution in [0.1, 0.15) is 36.6 Å². The molecule has 1 saturated carbocycles. The van der Waals surface area contributed by atoms with E-state index in [0.29, 0.717) is 24.6 Å². The summed E-state index contributed by atoms with van der Waals surface area (Å²) in [5.74, 6) is -0.371. The highest BCUT2D eigenvalue weighted by atomic mass is 19.4. The van der Waals surface area contributed by atoms with E-state index in [4.69, 9.17) is 0 Å². The SMILES string of the molecule is CC1CC1n1c(C(F)(F)F)nc2c1CCNC2. The maximum absolute atomic E-state index is 12.9. The van der Waals surface area contributed by atoms with Gasteiger partial charge in [0, 0.05) is 31.2 Å². The molecule has 94 valence electrons. The van der Waals surface area contributed by atoms with Crippen LogP contribution in [0, 0.1) is 5.92 Å². The van der Waals surface area contributed by atoms with Gasteiger partial charge in [-0.2, -0.15) is 13.2 Å². The number of halogens is 3. The van der Waals surface area contributed by atoms with Gasteiger partial charge in [-0.25, -0.2) is 4.98 Å². The number of rotatable bonds is 1. The van der Waals surface area contributed by atoms with Gasteiger partial charge in [-0.05, 0) is 12.3 Å². The summed E-state index contributed by atoms with van der Waals surface area (Å²) < 4.78 is 40.3. The minimum absolute atomic E-state index is 0.000903. The largest absolute Gasteiger partial charge is 0.449 e. The van der Waals surface area contributed by atoms with Crippen molar-refractivity contribution < 1.29 is 13.2 Å². The topological polar surface area (TPSA) is 29.9 Å². The first-order chi connectivity index (χ1) is 7.98. The van der Waals surface area contributed by atoms with Crippen molar-refractivity contribution in [1.82, 2.24) is 14.9 Å². The van der Waals surface area contributed by atoms with Gasteiger partial charge in [0.1, 0.15) is 0 Å². The fraction of sp³-hybridized carbons (Fsp3) is 0.727. The number of hydrogen-bond acceptors (Lipinski definition) is 2. The zero-order valence-electron chi connectivity index (χ0n) is 9.51. The van der Waals surface area contributed by atoms with Crippen molar-refractivity contribution in [3.63, 3.8) is 0 Å². The van der Waals surface area contributed by atoms with Crippen LogP contribution in [-0.4, -0.2) is 16.1 Å². The lowest BCUT2D eigenvalue weighted by Gasteiger charge is -2.16. The molecule has 3 rings (SSSR count). The van der Waals surface area contributed by atoms with Gasteiger partial charge in [-0.1, -0.05) is 6.92 Å². The quantitative estimate of drug-likeness (QED) is 0.821. The smallest absolute Gasteiger partial charge is 0.321 e. The average molecular weight is 245 g/mol. The summed E-state index contributed by atoms with van der Waals surface area (Å²) in [6, 6.07) is 0.000903. The number of alkyl halides is 3. The van der Waals surface area contributed by atoms with Crippen LogP contribution in [0.4, 0.5) is 13.2 Å². The number of nitrogens with zero attached hydrogens (tertiary/aromatic N) is 2. The summed E-state index contributed by atoms with van der Waals surface area (Å²) in [5, 5.41) is 3.06. The maximum Gasteiger partial charge on any atom is 0.449 e. The molecule has 3 nitrogen and oxygen atoms in total. The molecule has 6 heteroatoms. The summed E-state index contributed by atoms with van der Waals surface area (Å²) >= 11 is 0. The Kier molecular flexibility index (Phi) is 2.26. The minimum Gasteiger partial charge on any atom is -0.321 e. The Morgan fingerprint density at radius 1 is 1.41 bits per heavy atom. The van der Waals surface area contributed by atoms with Crippen molar-refractivity contribution in [2.45, 2.75) is 38.5 Å². The van der Waals surface area contributed by atoms with Crippen LogP contribution in [0.25, 0.3) is 0 Å². The lowest BCUT2D eigenvalue weighted by molar-refractivity contribution is -0.147. The van der Waals surface area contributed by atoms with E-state index in [0.717, 1.165) is 18.7 Å². The van der Waals surface area contributed by atoms with Gasteiger partial charge < -0.3 is 9.88 Å².